The Morgan fingerprint density at radius 2 is 2.38 bits per heavy atom. The van der Waals surface area contributed by atoms with Gasteiger partial charge in [-0.1, -0.05) is 0 Å². The highest BCUT2D eigenvalue weighted by Gasteiger charge is 2.26. The fourth-order valence-electron chi connectivity index (χ4n) is 0.907. The molecule has 1 unspecified atom stereocenters. The van der Waals surface area contributed by atoms with Gasteiger partial charge in [0, 0.05) is 18.2 Å². The smallest absolute Gasteiger partial charge is 0.313 e. The van der Waals surface area contributed by atoms with Crippen molar-refractivity contribution in [2.24, 2.45) is 5.92 Å². The molecule has 6 heteroatoms. The van der Waals surface area contributed by atoms with Crippen LogP contribution in [0.2, 0.25) is 0 Å². The molecule has 0 bridgehead atoms. The summed E-state index contributed by atoms with van der Waals surface area (Å²) in [6.07, 6.45) is 3.56. The average molecular weight is 176 g/mol. The summed E-state index contributed by atoms with van der Waals surface area (Å²) in [6, 6.07) is 1.77. The maximum absolute atomic E-state index is 10.3. The van der Waals surface area contributed by atoms with Gasteiger partial charge in [0.1, 0.15) is 0 Å². The minimum absolute atomic E-state index is 0.105. The molecule has 0 amide bonds. The van der Waals surface area contributed by atoms with Gasteiger partial charge in [0.05, 0.1) is 11.0 Å². The molecule has 0 saturated heterocycles. The third-order valence-electron chi connectivity index (χ3n) is 1.55. The lowest BCUT2D eigenvalue weighted by molar-refractivity contribution is -0.419. The zero-order valence-corrected chi connectivity index (χ0v) is 6.41. The molecule has 0 aromatic rings. The molecule has 0 radical (unpaired) electrons. The summed E-state index contributed by atoms with van der Waals surface area (Å²) in [4.78, 5) is 12.5. The molecule has 1 aliphatic carbocycles. The first kappa shape index (κ1) is 8.84. The number of nitrogens with zero attached hydrogens (tertiary/aromatic N) is 4. The SMILES string of the molecule is N#CC1C=C([N+](=O)[O-])C=CC1=[N+]=[N-]. The molecule has 6 nitrogen and oxygen atoms in total. The molecule has 0 saturated carbocycles. The van der Waals surface area contributed by atoms with Gasteiger partial charge in [-0.3, -0.25) is 10.1 Å². The third-order valence-corrected chi connectivity index (χ3v) is 1.55. The van der Waals surface area contributed by atoms with Gasteiger partial charge in [0.15, 0.2) is 5.92 Å². The Balaban J connectivity index is 3.09. The van der Waals surface area contributed by atoms with Crippen molar-refractivity contribution in [3.63, 3.8) is 0 Å². The van der Waals surface area contributed by atoms with E-state index in [1.165, 1.54) is 12.2 Å². The Morgan fingerprint density at radius 3 is 2.85 bits per heavy atom. The number of hydrogen-bond donors (Lipinski definition) is 0. The molecular weight excluding hydrogens is 172 g/mol. The molecule has 0 aromatic heterocycles. The van der Waals surface area contributed by atoms with Crippen LogP contribution in [0.25, 0.3) is 5.53 Å². The van der Waals surface area contributed by atoms with Crippen LogP contribution in [0.4, 0.5) is 0 Å². The zero-order valence-electron chi connectivity index (χ0n) is 6.41. The fourth-order valence-corrected chi connectivity index (χ4v) is 0.907. The summed E-state index contributed by atoms with van der Waals surface area (Å²) in [5.41, 5.74) is 8.34. The van der Waals surface area contributed by atoms with Crippen LogP contribution >= 0.6 is 0 Å². The van der Waals surface area contributed by atoms with Crippen molar-refractivity contribution in [2.75, 3.05) is 0 Å². The summed E-state index contributed by atoms with van der Waals surface area (Å²) in [5, 5.41) is 18.8. The Hall–Kier alpha value is -2.25. The number of rotatable bonds is 1. The Morgan fingerprint density at radius 1 is 1.69 bits per heavy atom. The highest BCUT2D eigenvalue weighted by molar-refractivity contribution is 5.96. The zero-order chi connectivity index (χ0) is 9.84. The van der Waals surface area contributed by atoms with Gasteiger partial charge in [-0.25, -0.2) is 0 Å². The highest BCUT2D eigenvalue weighted by atomic mass is 16.6. The molecule has 1 aliphatic rings. The fraction of sp³-hybridized carbons (Fsp3) is 0.143. The van der Waals surface area contributed by atoms with Crippen LogP contribution in [-0.4, -0.2) is 15.4 Å². The Labute approximate surface area is 73.2 Å². The second-order valence-corrected chi connectivity index (χ2v) is 2.31. The standard InChI is InChI=1S/C7H4N4O2/c8-4-5-3-6(11(12)13)1-2-7(5)10-9/h1-3,5H. The Bertz CT molecular complexity index is 395. The van der Waals surface area contributed by atoms with E-state index in [1.54, 1.807) is 6.07 Å². The predicted octanol–water partition coefficient (Wildman–Crippen LogP) is 0.527. The molecule has 64 valence electrons. The first-order valence-electron chi connectivity index (χ1n) is 3.35. The van der Waals surface area contributed by atoms with Gasteiger partial charge in [-0.15, -0.1) is 0 Å². The van der Waals surface area contributed by atoms with Crippen molar-refractivity contribution >= 4 is 5.71 Å². The second-order valence-electron chi connectivity index (χ2n) is 2.31. The minimum Gasteiger partial charge on any atom is -0.361 e. The van der Waals surface area contributed by atoms with Gasteiger partial charge >= 0.3 is 5.71 Å². The van der Waals surface area contributed by atoms with Crippen LogP contribution < -0.4 is 0 Å². The lowest BCUT2D eigenvalue weighted by Crippen LogP contribution is -2.15. The van der Waals surface area contributed by atoms with E-state index in [2.05, 4.69) is 4.79 Å². The molecule has 1 atom stereocenters. The van der Waals surface area contributed by atoms with Gasteiger partial charge in [-0.05, 0) is 0 Å². The van der Waals surface area contributed by atoms with Crippen molar-refractivity contribution < 1.29 is 9.71 Å². The van der Waals surface area contributed by atoms with Gasteiger partial charge < -0.3 is 5.53 Å². The first-order valence-corrected chi connectivity index (χ1v) is 3.35. The monoisotopic (exact) mass is 176 g/mol. The summed E-state index contributed by atoms with van der Waals surface area (Å²) in [5.74, 6) is -0.851. The van der Waals surface area contributed by atoms with E-state index in [9.17, 15) is 10.1 Å². The maximum Gasteiger partial charge on any atom is 0.313 e. The van der Waals surface area contributed by atoms with Crippen molar-refractivity contribution in [3.8, 4) is 6.07 Å². The van der Waals surface area contributed by atoms with E-state index in [-0.39, 0.29) is 11.4 Å². The topological polar surface area (TPSA) is 103 Å². The summed E-state index contributed by atoms with van der Waals surface area (Å²) < 4.78 is 0. The van der Waals surface area contributed by atoms with E-state index in [1.807, 2.05) is 0 Å². The maximum atomic E-state index is 10.3. The van der Waals surface area contributed by atoms with Crippen molar-refractivity contribution in [1.29, 1.82) is 5.26 Å². The number of hydrogen-bond acceptors (Lipinski definition) is 3. The molecule has 0 aromatic carbocycles. The molecule has 13 heavy (non-hydrogen) atoms. The predicted molar refractivity (Wildman–Crippen MR) is 41.9 cm³/mol. The summed E-state index contributed by atoms with van der Waals surface area (Å²) >= 11 is 0. The number of allylic oxidation sites excluding steroid dienone is 3. The van der Waals surface area contributed by atoms with Crippen LogP contribution in [-0.2, 0) is 0 Å². The normalized spacial score (nSPS) is 20.1. The first-order chi connectivity index (χ1) is 6.19. The summed E-state index contributed by atoms with van der Waals surface area (Å²) in [7, 11) is 0. The van der Waals surface area contributed by atoms with Gasteiger partial charge in [0.25, 0.3) is 5.70 Å². The number of nitriles is 1. The van der Waals surface area contributed by atoms with Crippen LogP contribution in [0.3, 0.4) is 0 Å². The molecule has 0 fully saturated rings. The van der Waals surface area contributed by atoms with Crippen molar-refractivity contribution in [1.82, 2.24) is 0 Å². The Kier molecular flexibility index (Phi) is 2.33. The van der Waals surface area contributed by atoms with E-state index in [0.29, 0.717) is 0 Å². The third kappa shape index (κ3) is 1.67. The highest BCUT2D eigenvalue weighted by Crippen LogP contribution is 2.13. The molecule has 0 N–H and O–H groups in total. The van der Waals surface area contributed by atoms with E-state index >= 15 is 0 Å². The van der Waals surface area contributed by atoms with Crippen LogP contribution in [0.15, 0.2) is 23.9 Å². The molecule has 0 aliphatic heterocycles. The molecular formula is C7H4N4O2. The van der Waals surface area contributed by atoms with E-state index < -0.39 is 10.8 Å². The van der Waals surface area contributed by atoms with E-state index in [0.717, 1.165) is 6.08 Å². The molecule has 0 heterocycles. The van der Waals surface area contributed by atoms with Gasteiger partial charge in [-0.2, -0.15) is 10.1 Å². The van der Waals surface area contributed by atoms with Crippen molar-refractivity contribution in [2.45, 2.75) is 0 Å². The molecule has 1 rings (SSSR count). The van der Waals surface area contributed by atoms with Crippen molar-refractivity contribution in [3.05, 3.63) is 39.6 Å². The largest absolute Gasteiger partial charge is 0.361 e. The lowest BCUT2D eigenvalue weighted by atomic mass is 9.99. The quantitative estimate of drug-likeness (QED) is 0.252. The lowest BCUT2D eigenvalue weighted by Gasteiger charge is -1.99. The molecule has 0 spiro atoms. The van der Waals surface area contributed by atoms with E-state index in [4.69, 9.17) is 10.8 Å². The second kappa shape index (κ2) is 3.43. The summed E-state index contributed by atoms with van der Waals surface area (Å²) in [6.45, 7) is 0. The number of nitro groups is 1. The van der Waals surface area contributed by atoms with Gasteiger partial charge in [0.2, 0.25) is 0 Å². The minimum atomic E-state index is -0.851. The van der Waals surface area contributed by atoms with Crippen LogP contribution in [0.5, 0.6) is 0 Å². The van der Waals surface area contributed by atoms with Crippen LogP contribution in [0.1, 0.15) is 0 Å². The van der Waals surface area contributed by atoms with Crippen LogP contribution in [0, 0.1) is 27.4 Å². The average Bonchev–Trinajstić information content (AvgIpc) is 2.16.